The summed E-state index contributed by atoms with van der Waals surface area (Å²) in [5, 5.41) is 13.8. The first-order valence-electron chi connectivity index (χ1n) is 8.51. The van der Waals surface area contributed by atoms with Crippen molar-refractivity contribution in [3.63, 3.8) is 0 Å². The van der Waals surface area contributed by atoms with Gasteiger partial charge in [-0.2, -0.15) is 0 Å². The Bertz CT molecular complexity index is 556. The number of hydrogen-bond donors (Lipinski definition) is 2. The molecule has 0 spiro atoms. The fraction of sp³-hybridized carbons (Fsp3) is 0.750. The highest BCUT2D eigenvalue weighted by Crippen LogP contribution is 2.17. The van der Waals surface area contributed by atoms with Crippen LogP contribution >= 0.6 is 0 Å². The second-order valence-electron chi connectivity index (χ2n) is 6.61. The molecule has 0 bridgehead atoms. The lowest BCUT2D eigenvalue weighted by Crippen LogP contribution is -2.51. The van der Waals surface area contributed by atoms with Gasteiger partial charge >= 0.3 is 0 Å². The van der Waals surface area contributed by atoms with Gasteiger partial charge in [0.2, 0.25) is 5.91 Å². The Labute approximate surface area is 142 Å². The predicted octanol–water partition coefficient (Wildman–Crippen LogP) is -1.20. The Morgan fingerprint density at radius 3 is 2.79 bits per heavy atom. The average molecular weight is 337 g/mol. The van der Waals surface area contributed by atoms with E-state index >= 15 is 0 Å². The summed E-state index contributed by atoms with van der Waals surface area (Å²) in [6.45, 7) is 6.58. The first-order chi connectivity index (χ1) is 11.5. The fourth-order valence-electron chi connectivity index (χ4n) is 3.31. The molecular weight excluding hydrogens is 310 g/mol. The third-order valence-electron chi connectivity index (χ3n) is 4.98. The van der Waals surface area contributed by atoms with Crippen molar-refractivity contribution in [2.24, 2.45) is 7.05 Å². The van der Waals surface area contributed by atoms with Crippen LogP contribution in [0.15, 0.2) is 12.4 Å². The molecule has 3 rings (SSSR count). The molecule has 0 saturated carbocycles. The van der Waals surface area contributed by atoms with Gasteiger partial charge < -0.3 is 24.6 Å². The van der Waals surface area contributed by atoms with E-state index in [1.54, 1.807) is 13.1 Å². The Morgan fingerprint density at radius 2 is 2.17 bits per heavy atom. The fourth-order valence-corrected chi connectivity index (χ4v) is 3.31. The minimum absolute atomic E-state index is 0.0785. The van der Waals surface area contributed by atoms with Crippen molar-refractivity contribution in [1.29, 1.82) is 0 Å². The quantitative estimate of drug-likeness (QED) is 0.703. The molecule has 0 aliphatic carbocycles. The minimum Gasteiger partial charge on any atom is -0.389 e. The second-order valence-corrected chi connectivity index (χ2v) is 6.61. The molecule has 0 aromatic carbocycles. The van der Waals surface area contributed by atoms with Crippen LogP contribution in [-0.2, 0) is 23.1 Å². The molecule has 3 unspecified atom stereocenters. The summed E-state index contributed by atoms with van der Waals surface area (Å²) >= 11 is 0. The number of nitrogens with zero attached hydrogens (tertiary/aromatic N) is 4. The molecule has 2 N–H and O–H groups in total. The zero-order valence-corrected chi connectivity index (χ0v) is 14.4. The van der Waals surface area contributed by atoms with Gasteiger partial charge in [-0.25, -0.2) is 4.98 Å². The van der Waals surface area contributed by atoms with Gasteiger partial charge in [0.15, 0.2) is 0 Å². The highest BCUT2D eigenvalue weighted by molar-refractivity contribution is 5.73. The molecule has 24 heavy (non-hydrogen) atoms. The minimum atomic E-state index is -0.531. The summed E-state index contributed by atoms with van der Waals surface area (Å²) < 4.78 is 7.75. The molecule has 1 aromatic heterocycles. The van der Waals surface area contributed by atoms with Crippen molar-refractivity contribution in [2.45, 2.75) is 31.7 Å². The highest BCUT2D eigenvalue weighted by Gasteiger charge is 2.37. The zero-order valence-electron chi connectivity index (χ0n) is 14.4. The second kappa shape index (κ2) is 7.60. The number of carbonyl (C=O) groups excluding carboxylic acids is 1. The molecule has 3 atom stereocenters. The van der Waals surface area contributed by atoms with Gasteiger partial charge in [0, 0.05) is 59.1 Å². The highest BCUT2D eigenvalue weighted by atomic mass is 16.5. The topological polar surface area (TPSA) is 82.9 Å². The molecule has 2 aliphatic heterocycles. The number of aromatic nitrogens is 2. The standard InChI is InChI=1S/C16H27N5O3/c1-12(22)21-7-5-20(6-8-21)10-14-16(23)13(11-24-14)18-9-15-17-3-4-19(15)2/h3-4,13-14,16,18,23H,5-11H2,1-2H3. The maximum absolute atomic E-state index is 11.4. The summed E-state index contributed by atoms with van der Waals surface area (Å²) in [4.78, 5) is 19.8. The summed E-state index contributed by atoms with van der Waals surface area (Å²) in [6, 6.07) is -0.0785. The van der Waals surface area contributed by atoms with E-state index in [4.69, 9.17) is 4.74 Å². The number of carbonyl (C=O) groups is 1. The van der Waals surface area contributed by atoms with Gasteiger partial charge in [0.05, 0.1) is 31.4 Å². The lowest BCUT2D eigenvalue weighted by Gasteiger charge is -2.35. The van der Waals surface area contributed by atoms with Crippen molar-refractivity contribution < 1.29 is 14.6 Å². The van der Waals surface area contributed by atoms with Gasteiger partial charge in [-0.05, 0) is 0 Å². The Balaban J connectivity index is 1.43. The number of aliphatic hydroxyl groups excluding tert-OH is 1. The van der Waals surface area contributed by atoms with E-state index in [-0.39, 0.29) is 18.1 Å². The maximum Gasteiger partial charge on any atom is 0.219 e. The molecule has 2 saturated heterocycles. The van der Waals surface area contributed by atoms with E-state index in [0.717, 1.165) is 32.0 Å². The van der Waals surface area contributed by atoms with Crippen molar-refractivity contribution in [3.8, 4) is 0 Å². The van der Waals surface area contributed by atoms with Crippen molar-refractivity contribution in [3.05, 3.63) is 18.2 Å². The maximum atomic E-state index is 11.4. The SMILES string of the molecule is CC(=O)N1CCN(CC2OCC(NCc3nccn3C)C2O)CC1. The third kappa shape index (κ3) is 3.94. The Morgan fingerprint density at radius 1 is 1.42 bits per heavy atom. The molecule has 2 fully saturated rings. The van der Waals surface area contributed by atoms with E-state index in [0.29, 0.717) is 19.7 Å². The lowest BCUT2D eigenvalue weighted by atomic mass is 10.1. The van der Waals surface area contributed by atoms with Crippen LogP contribution < -0.4 is 5.32 Å². The van der Waals surface area contributed by atoms with Gasteiger partial charge in [-0.3, -0.25) is 9.69 Å². The van der Waals surface area contributed by atoms with E-state index in [2.05, 4.69) is 15.2 Å². The molecule has 1 amide bonds. The Kier molecular flexibility index (Phi) is 5.50. The van der Waals surface area contributed by atoms with Crippen molar-refractivity contribution in [1.82, 2.24) is 24.7 Å². The number of hydrogen-bond acceptors (Lipinski definition) is 6. The molecule has 0 radical (unpaired) electrons. The zero-order chi connectivity index (χ0) is 17.1. The molecule has 3 heterocycles. The summed E-state index contributed by atoms with van der Waals surface area (Å²) in [7, 11) is 1.95. The molecule has 134 valence electrons. The first-order valence-corrected chi connectivity index (χ1v) is 8.51. The monoisotopic (exact) mass is 337 g/mol. The lowest BCUT2D eigenvalue weighted by molar-refractivity contribution is -0.130. The number of amides is 1. The number of piperazine rings is 1. The molecular formula is C16H27N5O3. The summed E-state index contributed by atoms with van der Waals surface area (Å²) in [6.07, 6.45) is 2.95. The largest absolute Gasteiger partial charge is 0.389 e. The van der Waals surface area contributed by atoms with Gasteiger partial charge in [-0.1, -0.05) is 0 Å². The third-order valence-corrected chi connectivity index (χ3v) is 4.98. The number of imidazole rings is 1. The number of aryl methyl sites for hydroxylation is 1. The normalized spacial score (nSPS) is 28.5. The van der Waals surface area contributed by atoms with Crippen LogP contribution in [0.3, 0.4) is 0 Å². The molecule has 8 nitrogen and oxygen atoms in total. The van der Waals surface area contributed by atoms with Crippen LogP contribution in [0.1, 0.15) is 12.7 Å². The van der Waals surface area contributed by atoms with Gasteiger partial charge in [0.25, 0.3) is 0 Å². The van der Waals surface area contributed by atoms with Crippen molar-refractivity contribution >= 4 is 5.91 Å². The van der Waals surface area contributed by atoms with Crippen LogP contribution in [-0.4, -0.2) is 87.9 Å². The predicted molar refractivity (Wildman–Crippen MR) is 88.3 cm³/mol. The number of ether oxygens (including phenoxy) is 1. The molecule has 8 heteroatoms. The van der Waals surface area contributed by atoms with E-state index in [1.165, 1.54) is 0 Å². The summed E-state index contributed by atoms with van der Waals surface area (Å²) in [5.74, 6) is 1.07. The smallest absolute Gasteiger partial charge is 0.219 e. The van der Waals surface area contributed by atoms with Crippen LogP contribution in [0.2, 0.25) is 0 Å². The van der Waals surface area contributed by atoms with E-state index in [1.807, 2.05) is 22.7 Å². The van der Waals surface area contributed by atoms with Gasteiger partial charge in [0.1, 0.15) is 5.82 Å². The summed E-state index contributed by atoms with van der Waals surface area (Å²) in [5.41, 5.74) is 0. The van der Waals surface area contributed by atoms with Crippen molar-refractivity contribution in [2.75, 3.05) is 39.3 Å². The van der Waals surface area contributed by atoms with Crippen LogP contribution in [0, 0.1) is 0 Å². The van der Waals surface area contributed by atoms with Crippen LogP contribution in [0.5, 0.6) is 0 Å². The first kappa shape index (κ1) is 17.3. The number of rotatable bonds is 5. The average Bonchev–Trinajstić information content (AvgIpc) is 3.13. The van der Waals surface area contributed by atoms with Gasteiger partial charge in [-0.15, -0.1) is 0 Å². The van der Waals surface area contributed by atoms with E-state index < -0.39 is 6.10 Å². The number of nitrogens with one attached hydrogen (secondary N) is 1. The Hall–Kier alpha value is -1.48. The number of aliphatic hydroxyl groups is 1. The van der Waals surface area contributed by atoms with Crippen LogP contribution in [0.4, 0.5) is 0 Å². The molecule has 1 aromatic rings. The van der Waals surface area contributed by atoms with E-state index in [9.17, 15) is 9.90 Å². The van der Waals surface area contributed by atoms with Crippen LogP contribution in [0.25, 0.3) is 0 Å². The molecule has 2 aliphatic rings.